The minimum Gasteiger partial charge on any atom is -0.468 e. The van der Waals surface area contributed by atoms with Gasteiger partial charge in [0.1, 0.15) is 6.04 Å². The summed E-state index contributed by atoms with van der Waals surface area (Å²) in [6.45, 7) is 0. The largest absolute Gasteiger partial charge is 0.468 e. The molecule has 0 bridgehead atoms. The molecule has 0 unspecified atom stereocenters. The molecule has 2 aromatic carbocycles. The van der Waals surface area contributed by atoms with E-state index in [0.29, 0.717) is 17.7 Å². The van der Waals surface area contributed by atoms with Crippen LogP contribution in [0.1, 0.15) is 17.2 Å². The van der Waals surface area contributed by atoms with Crippen LogP contribution in [0.4, 0.5) is 13.2 Å². The molecule has 0 spiro atoms. The lowest BCUT2D eigenvalue weighted by Gasteiger charge is -2.17. The first-order valence-corrected chi connectivity index (χ1v) is 8.46. The van der Waals surface area contributed by atoms with Gasteiger partial charge in [0, 0.05) is 0 Å². The van der Waals surface area contributed by atoms with Crippen molar-refractivity contribution >= 4 is 16.0 Å². The number of esters is 1. The lowest BCUT2D eigenvalue weighted by atomic mass is 10.1. The fourth-order valence-electron chi connectivity index (χ4n) is 2.06. The molecule has 134 valence electrons. The van der Waals surface area contributed by atoms with Crippen molar-refractivity contribution in [2.24, 2.45) is 0 Å². The second-order valence-corrected chi connectivity index (χ2v) is 6.72. The van der Waals surface area contributed by atoms with Crippen LogP contribution in [0.3, 0.4) is 0 Å². The number of nitrogens with one attached hydrogen (secondary N) is 1. The Bertz CT molecular complexity index is 834. The SMILES string of the molecule is COC(=O)[C@@H](NS(=O)(=O)c1ccc(C(F)(F)F)cc1)c1ccccc1. The van der Waals surface area contributed by atoms with Crippen molar-refractivity contribution in [1.82, 2.24) is 4.72 Å². The molecule has 0 amide bonds. The highest BCUT2D eigenvalue weighted by Crippen LogP contribution is 2.30. The first kappa shape index (κ1) is 18.9. The van der Waals surface area contributed by atoms with Crippen molar-refractivity contribution < 1.29 is 31.1 Å². The first-order valence-electron chi connectivity index (χ1n) is 6.97. The van der Waals surface area contributed by atoms with Crippen LogP contribution in [-0.2, 0) is 25.7 Å². The molecule has 0 aliphatic heterocycles. The number of rotatable bonds is 5. The third-order valence-electron chi connectivity index (χ3n) is 3.33. The third kappa shape index (κ3) is 4.58. The van der Waals surface area contributed by atoms with E-state index in [0.717, 1.165) is 19.2 Å². The zero-order valence-corrected chi connectivity index (χ0v) is 13.8. The first-order chi connectivity index (χ1) is 11.6. The third-order valence-corrected chi connectivity index (χ3v) is 4.77. The number of halogens is 3. The van der Waals surface area contributed by atoms with E-state index in [2.05, 4.69) is 9.46 Å². The highest BCUT2D eigenvalue weighted by atomic mass is 32.2. The van der Waals surface area contributed by atoms with E-state index in [-0.39, 0.29) is 0 Å². The van der Waals surface area contributed by atoms with Gasteiger partial charge in [-0.1, -0.05) is 30.3 Å². The smallest absolute Gasteiger partial charge is 0.416 e. The standard InChI is InChI=1S/C16H14F3NO4S/c1-24-15(21)14(11-5-3-2-4-6-11)20-25(22,23)13-9-7-12(8-10-13)16(17,18)19/h2-10,14,20H,1H3/t14-/m0/s1. The number of carbonyl (C=O) groups is 1. The van der Waals surface area contributed by atoms with Gasteiger partial charge in [-0.05, 0) is 29.8 Å². The van der Waals surface area contributed by atoms with Crippen LogP contribution in [-0.4, -0.2) is 21.5 Å². The molecule has 0 aromatic heterocycles. The number of methoxy groups -OCH3 is 1. The summed E-state index contributed by atoms with van der Waals surface area (Å²) in [5.41, 5.74) is -0.635. The molecule has 1 atom stereocenters. The predicted molar refractivity (Wildman–Crippen MR) is 83.0 cm³/mol. The molecule has 0 aliphatic rings. The Morgan fingerprint density at radius 3 is 2.08 bits per heavy atom. The molecule has 0 fully saturated rings. The Hall–Kier alpha value is -2.39. The van der Waals surface area contributed by atoms with Gasteiger partial charge in [0.15, 0.2) is 0 Å². The van der Waals surface area contributed by atoms with Crippen LogP contribution in [0, 0.1) is 0 Å². The molecule has 2 aromatic rings. The molecule has 0 radical (unpaired) electrons. The summed E-state index contributed by atoms with van der Waals surface area (Å²) < 4.78 is 69.3. The highest BCUT2D eigenvalue weighted by molar-refractivity contribution is 7.89. The number of benzene rings is 2. The van der Waals surface area contributed by atoms with Crippen molar-refractivity contribution in [3.05, 3.63) is 65.7 Å². The van der Waals surface area contributed by atoms with E-state index in [1.165, 1.54) is 12.1 Å². The monoisotopic (exact) mass is 373 g/mol. The van der Waals surface area contributed by atoms with Crippen molar-refractivity contribution in [2.45, 2.75) is 17.1 Å². The predicted octanol–water partition coefficient (Wildman–Crippen LogP) is 2.90. The van der Waals surface area contributed by atoms with Gasteiger partial charge >= 0.3 is 12.1 Å². The Balaban J connectivity index is 2.33. The van der Waals surface area contributed by atoms with Crippen LogP contribution in [0.15, 0.2) is 59.5 Å². The van der Waals surface area contributed by atoms with E-state index in [4.69, 9.17) is 0 Å². The Morgan fingerprint density at radius 2 is 1.60 bits per heavy atom. The van der Waals surface area contributed by atoms with Crippen molar-refractivity contribution in [3.63, 3.8) is 0 Å². The second kappa shape index (κ2) is 7.24. The minimum absolute atomic E-state index is 0.338. The summed E-state index contributed by atoms with van der Waals surface area (Å²) in [5, 5.41) is 0. The molecule has 1 N–H and O–H groups in total. The topological polar surface area (TPSA) is 72.5 Å². The Morgan fingerprint density at radius 1 is 1.04 bits per heavy atom. The average Bonchev–Trinajstić information content (AvgIpc) is 2.59. The maximum atomic E-state index is 12.6. The summed E-state index contributed by atoms with van der Waals surface area (Å²) in [6, 6.07) is 9.59. The van der Waals surface area contributed by atoms with Gasteiger partial charge in [0.2, 0.25) is 10.0 Å². The Labute approximate surface area is 142 Å². The van der Waals surface area contributed by atoms with Crippen molar-refractivity contribution in [1.29, 1.82) is 0 Å². The highest BCUT2D eigenvalue weighted by Gasteiger charge is 2.32. The quantitative estimate of drug-likeness (QED) is 0.818. The molecule has 25 heavy (non-hydrogen) atoms. The molecule has 0 saturated carbocycles. The number of carbonyl (C=O) groups excluding carboxylic acids is 1. The summed E-state index contributed by atoms with van der Waals surface area (Å²) in [5.74, 6) is -0.846. The summed E-state index contributed by atoms with van der Waals surface area (Å²) >= 11 is 0. The molecule has 0 heterocycles. The van der Waals surface area contributed by atoms with Crippen molar-refractivity contribution in [2.75, 3.05) is 7.11 Å². The minimum atomic E-state index is -4.58. The van der Waals surface area contributed by atoms with Crippen molar-refractivity contribution in [3.8, 4) is 0 Å². The molecular formula is C16H14F3NO4S. The van der Waals surface area contributed by atoms with Gasteiger partial charge in [0.25, 0.3) is 0 Å². The van der Waals surface area contributed by atoms with Gasteiger partial charge in [0.05, 0.1) is 17.6 Å². The van der Waals surface area contributed by atoms with Gasteiger partial charge in [-0.2, -0.15) is 17.9 Å². The van der Waals surface area contributed by atoms with Crippen LogP contribution in [0.2, 0.25) is 0 Å². The van der Waals surface area contributed by atoms with Gasteiger partial charge in [-0.25, -0.2) is 13.2 Å². The van der Waals surface area contributed by atoms with Gasteiger partial charge in [-0.15, -0.1) is 0 Å². The number of sulfonamides is 1. The van der Waals surface area contributed by atoms with Crippen LogP contribution >= 0.6 is 0 Å². The van der Waals surface area contributed by atoms with Gasteiger partial charge < -0.3 is 4.74 Å². The van der Waals surface area contributed by atoms with E-state index < -0.39 is 38.7 Å². The molecule has 9 heteroatoms. The maximum Gasteiger partial charge on any atom is 0.416 e. The molecule has 0 aliphatic carbocycles. The Kier molecular flexibility index (Phi) is 5.48. The fraction of sp³-hybridized carbons (Fsp3) is 0.188. The normalized spacial score (nSPS) is 13.3. The molecular weight excluding hydrogens is 359 g/mol. The molecule has 5 nitrogen and oxygen atoms in total. The number of hydrogen-bond donors (Lipinski definition) is 1. The molecule has 2 rings (SSSR count). The van der Waals surface area contributed by atoms with E-state index in [1.807, 2.05) is 0 Å². The van der Waals surface area contributed by atoms with Crippen LogP contribution < -0.4 is 4.72 Å². The zero-order chi connectivity index (χ0) is 18.7. The fourth-order valence-corrected chi connectivity index (χ4v) is 3.23. The van der Waals surface area contributed by atoms with E-state index in [1.54, 1.807) is 18.2 Å². The second-order valence-electron chi connectivity index (χ2n) is 5.01. The summed E-state index contributed by atoms with van der Waals surface area (Å²) in [6.07, 6.45) is -4.58. The molecule has 0 saturated heterocycles. The maximum absolute atomic E-state index is 12.6. The lowest BCUT2D eigenvalue weighted by Crippen LogP contribution is -2.34. The number of hydrogen-bond acceptors (Lipinski definition) is 4. The number of alkyl halides is 3. The van der Waals surface area contributed by atoms with Crippen LogP contribution in [0.25, 0.3) is 0 Å². The summed E-state index contributed by atoms with van der Waals surface area (Å²) in [4.78, 5) is 11.5. The lowest BCUT2D eigenvalue weighted by molar-refractivity contribution is -0.142. The van der Waals surface area contributed by atoms with E-state index >= 15 is 0 Å². The summed E-state index contributed by atoms with van der Waals surface area (Å²) in [7, 11) is -3.14. The van der Waals surface area contributed by atoms with E-state index in [9.17, 15) is 26.4 Å². The number of ether oxygens (including phenoxy) is 1. The van der Waals surface area contributed by atoms with Gasteiger partial charge in [-0.3, -0.25) is 0 Å². The van der Waals surface area contributed by atoms with Crippen LogP contribution in [0.5, 0.6) is 0 Å². The zero-order valence-electron chi connectivity index (χ0n) is 12.9. The average molecular weight is 373 g/mol.